The van der Waals surface area contributed by atoms with Gasteiger partial charge in [0.25, 0.3) is 0 Å². The molecule has 94 valence electrons. The van der Waals surface area contributed by atoms with Crippen molar-refractivity contribution < 1.29 is 9.53 Å². The van der Waals surface area contributed by atoms with Crippen LogP contribution in [-0.4, -0.2) is 15.9 Å². The molecule has 1 aromatic carbocycles. The molecule has 2 rings (SSSR count). The average Bonchev–Trinajstić information content (AvgIpc) is 2.78. The summed E-state index contributed by atoms with van der Waals surface area (Å²) in [5.74, 6) is 0.288. The van der Waals surface area contributed by atoms with E-state index < -0.39 is 0 Å². The van der Waals surface area contributed by atoms with E-state index in [4.69, 9.17) is 4.74 Å². The van der Waals surface area contributed by atoms with Crippen molar-refractivity contribution in [2.45, 2.75) is 26.4 Å². The number of esters is 1. The van der Waals surface area contributed by atoms with Crippen LogP contribution in [-0.2, 0) is 9.53 Å². The third-order valence-electron chi connectivity index (χ3n) is 2.68. The van der Waals surface area contributed by atoms with Crippen molar-refractivity contribution in [3.63, 3.8) is 0 Å². The third-order valence-corrected chi connectivity index (χ3v) is 2.68. The lowest BCUT2D eigenvalue weighted by atomic mass is 10.2. The van der Waals surface area contributed by atoms with Crippen LogP contribution in [0.25, 0.3) is 11.0 Å². The summed E-state index contributed by atoms with van der Waals surface area (Å²) in [4.78, 5) is 19.1. The van der Waals surface area contributed by atoms with Gasteiger partial charge in [-0.2, -0.15) is 0 Å². The van der Waals surface area contributed by atoms with Crippen LogP contribution in [0.15, 0.2) is 36.4 Å². The molecule has 0 spiro atoms. The molecule has 0 amide bonds. The van der Waals surface area contributed by atoms with Crippen molar-refractivity contribution in [1.82, 2.24) is 9.97 Å². The van der Waals surface area contributed by atoms with Crippen LogP contribution in [0.4, 0.5) is 0 Å². The summed E-state index contributed by atoms with van der Waals surface area (Å²) < 4.78 is 5.34. The minimum atomic E-state index is -0.387. The fraction of sp³-hybridized carbons (Fsp3) is 0.286. The maximum Gasteiger partial charge on any atom is 0.333 e. The Morgan fingerprint density at radius 2 is 2.22 bits per heavy atom. The van der Waals surface area contributed by atoms with Gasteiger partial charge in [0.2, 0.25) is 0 Å². The minimum absolute atomic E-state index is 0.360. The average molecular weight is 244 g/mol. The van der Waals surface area contributed by atoms with Crippen LogP contribution in [0.2, 0.25) is 0 Å². The second-order valence-electron chi connectivity index (χ2n) is 4.22. The number of para-hydroxylation sites is 2. The zero-order chi connectivity index (χ0) is 13.1. The summed E-state index contributed by atoms with van der Waals surface area (Å²) in [5, 5.41) is 0. The van der Waals surface area contributed by atoms with Gasteiger partial charge in [-0.15, -0.1) is 0 Å². The molecule has 4 nitrogen and oxygen atoms in total. The summed E-state index contributed by atoms with van der Waals surface area (Å²) in [6.45, 7) is 7.15. The number of aromatic nitrogens is 2. The minimum Gasteiger partial charge on any atom is -0.451 e. The number of carbonyl (C=O) groups is 1. The Morgan fingerprint density at radius 1 is 1.50 bits per heavy atom. The van der Waals surface area contributed by atoms with Crippen LogP contribution in [0.3, 0.4) is 0 Å². The zero-order valence-electron chi connectivity index (χ0n) is 10.6. The monoisotopic (exact) mass is 244 g/mol. The second-order valence-corrected chi connectivity index (χ2v) is 4.22. The first kappa shape index (κ1) is 12.4. The van der Waals surface area contributed by atoms with Crippen molar-refractivity contribution in [2.75, 3.05) is 0 Å². The molecule has 0 radical (unpaired) electrons. The number of nitrogens with zero attached hydrogens (tertiary/aromatic N) is 1. The lowest BCUT2D eigenvalue weighted by molar-refractivity contribution is -0.145. The van der Waals surface area contributed by atoms with Crippen LogP contribution in [0.1, 0.15) is 32.2 Å². The molecular weight excluding hydrogens is 228 g/mol. The SMILES string of the molecule is C=C(C)C(=O)OC(CC)c1nc2ccccc2[nH]1. The molecule has 0 fully saturated rings. The molecule has 1 atom stereocenters. The molecule has 0 saturated carbocycles. The fourth-order valence-electron chi connectivity index (χ4n) is 1.69. The quantitative estimate of drug-likeness (QED) is 0.664. The Labute approximate surface area is 106 Å². The van der Waals surface area contributed by atoms with Gasteiger partial charge in [-0.1, -0.05) is 25.6 Å². The normalized spacial score (nSPS) is 12.3. The predicted octanol–water partition coefficient (Wildman–Crippen LogP) is 3.13. The lowest BCUT2D eigenvalue weighted by Crippen LogP contribution is -2.12. The number of hydrogen-bond acceptors (Lipinski definition) is 3. The Balaban J connectivity index is 2.26. The number of H-pyrrole nitrogens is 1. The van der Waals surface area contributed by atoms with Gasteiger partial charge in [-0.3, -0.25) is 0 Å². The number of aromatic amines is 1. The van der Waals surface area contributed by atoms with E-state index in [0.717, 1.165) is 11.0 Å². The van der Waals surface area contributed by atoms with Gasteiger partial charge >= 0.3 is 5.97 Å². The highest BCUT2D eigenvalue weighted by molar-refractivity contribution is 5.87. The standard InChI is InChI=1S/C14H16N2O2/c1-4-12(18-14(17)9(2)3)13-15-10-7-5-6-8-11(10)16-13/h5-8,12H,2,4H2,1,3H3,(H,15,16). The number of ether oxygens (including phenoxy) is 1. The molecule has 0 aliphatic heterocycles. The highest BCUT2D eigenvalue weighted by Crippen LogP contribution is 2.22. The first-order valence-corrected chi connectivity index (χ1v) is 5.93. The topological polar surface area (TPSA) is 55.0 Å². The Hall–Kier alpha value is -2.10. The van der Waals surface area contributed by atoms with Crippen LogP contribution >= 0.6 is 0 Å². The molecule has 2 aromatic rings. The molecule has 1 aromatic heterocycles. The van der Waals surface area contributed by atoms with Crippen molar-refractivity contribution in [1.29, 1.82) is 0 Å². The molecule has 4 heteroatoms. The van der Waals surface area contributed by atoms with E-state index in [1.165, 1.54) is 0 Å². The Morgan fingerprint density at radius 3 is 2.83 bits per heavy atom. The number of nitrogens with one attached hydrogen (secondary N) is 1. The van der Waals surface area contributed by atoms with Crippen LogP contribution in [0, 0.1) is 0 Å². The number of imidazole rings is 1. The van der Waals surface area contributed by atoms with Crippen molar-refractivity contribution in [3.05, 3.63) is 42.2 Å². The maximum atomic E-state index is 11.5. The molecule has 1 unspecified atom stereocenters. The fourth-order valence-corrected chi connectivity index (χ4v) is 1.69. The number of fused-ring (bicyclic) bond motifs is 1. The van der Waals surface area contributed by atoms with Gasteiger partial charge in [-0.25, -0.2) is 9.78 Å². The summed E-state index contributed by atoms with van der Waals surface area (Å²) in [6.07, 6.45) is 0.306. The maximum absolute atomic E-state index is 11.5. The number of benzene rings is 1. The first-order valence-electron chi connectivity index (χ1n) is 5.93. The van der Waals surface area contributed by atoms with Crippen LogP contribution in [0.5, 0.6) is 0 Å². The summed E-state index contributed by atoms with van der Waals surface area (Å²) in [7, 11) is 0. The van der Waals surface area contributed by atoms with E-state index in [2.05, 4.69) is 16.5 Å². The second kappa shape index (κ2) is 5.04. The highest BCUT2D eigenvalue weighted by Gasteiger charge is 2.18. The van der Waals surface area contributed by atoms with Gasteiger partial charge in [0.15, 0.2) is 6.10 Å². The number of rotatable bonds is 4. The number of hydrogen-bond donors (Lipinski definition) is 1. The molecule has 0 saturated heterocycles. The zero-order valence-corrected chi connectivity index (χ0v) is 10.6. The van der Waals surface area contributed by atoms with Gasteiger partial charge in [0.1, 0.15) is 5.82 Å². The van der Waals surface area contributed by atoms with Crippen molar-refractivity contribution in [3.8, 4) is 0 Å². The van der Waals surface area contributed by atoms with E-state index in [1.807, 2.05) is 31.2 Å². The molecular formula is C14H16N2O2. The lowest BCUT2D eigenvalue weighted by Gasteiger charge is -2.13. The van der Waals surface area contributed by atoms with Crippen molar-refractivity contribution in [2.24, 2.45) is 0 Å². The van der Waals surface area contributed by atoms with E-state index in [-0.39, 0.29) is 12.1 Å². The van der Waals surface area contributed by atoms with E-state index >= 15 is 0 Å². The Kier molecular flexibility index (Phi) is 3.46. The first-order chi connectivity index (χ1) is 8.61. The van der Waals surface area contributed by atoms with E-state index in [0.29, 0.717) is 17.8 Å². The summed E-state index contributed by atoms with van der Waals surface area (Å²) in [6, 6.07) is 7.72. The number of carbonyl (C=O) groups excluding carboxylic acids is 1. The highest BCUT2D eigenvalue weighted by atomic mass is 16.5. The third kappa shape index (κ3) is 2.42. The molecule has 1 N–H and O–H groups in total. The van der Waals surface area contributed by atoms with Gasteiger partial charge in [-0.05, 0) is 25.5 Å². The van der Waals surface area contributed by atoms with Crippen LogP contribution < -0.4 is 0 Å². The van der Waals surface area contributed by atoms with E-state index in [9.17, 15) is 4.79 Å². The summed E-state index contributed by atoms with van der Waals surface area (Å²) >= 11 is 0. The molecule has 0 aliphatic rings. The van der Waals surface area contributed by atoms with Gasteiger partial charge < -0.3 is 9.72 Å². The van der Waals surface area contributed by atoms with Crippen molar-refractivity contribution >= 4 is 17.0 Å². The molecule has 0 aliphatic carbocycles. The molecule has 0 bridgehead atoms. The largest absolute Gasteiger partial charge is 0.451 e. The Bertz CT molecular complexity index is 553. The van der Waals surface area contributed by atoms with E-state index in [1.54, 1.807) is 6.92 Å². The molecule has 1 heterocycles. The predicted molar refractivity (Wildman–Crippen MR) is 70.0 cm³/mol. The van der Waals surface area contributed by atoms with Gasteiger partial charge in [0.05, 0.1) is 11.0 Å². The smallest absolute Gasteiger partial charge is 0.333 e. The summed E-state index contributed by atoms with van der Waals surface area (Å²) in [5.41, 5.74) is 2.21. The molecule has 18 heavy (non-hydrogen) atoms. The van der Waals surface area contributed by atoms with Gasteiger partial charge in [0, 0.05) is 5.57 Å².